The largest absolute Gasteiger partial charge is 0.367 e. The predicted octanol–water partition coefficient (Wildman–Crippen LogP) is -0.575. The number of nitrogens with one attached hydrogen (secondary N) is 1. The van der Waals surface area contributed by atoms with Crippen molar-refractivity contribution >= 4 is 5.84 Å². The molecule has 0 aromatic heterocycles. The second-order valence-electron chi connectivity index (χ2n) is 2.92. The van der Waals surface area contributed by atoms with Gasteiger partial charge in [0.1, 0.15) is 0 Å². The normalized spacial score (nSPS) is 46.7. The third kappa shape index (κ3) is 0.892. The predicted molar refractivity (Wildman–Crippen MR) is 37.5 cm³/mol. The Morgan fingerprint density at radius 2 is 1.90 bits per heavy atom. The van der Waals surface area contributed by atoms with Crippen LogP contribution in [-0.2, 0) is 0 Å². The van der Waals surface area contributed by atoms with E-state index in [4.69, 9.17) is 0 Å². The Hall–Kier alpha value is -0.610. The van der Waals surface area contributed by atoms with Crippen molar-refractivity contribution in [3.8, 4) is 0 Å². The van der Waals surface area contributed by atoms with Crippen LogP contribution in [0.4, 0.5) is 0 Å². The highest BCUT2D eigenvalue weighted by Gasteiger charge is 2.46. The first-order valence-corrected chi connectivity index (χ1v) is 3.14. The summed E-state index contributed by atoms with van der Waals surface area (Å²) in [5.41, 5.74) is -2.74. The van der Waals surface area contributed by atoms with E-state index in [0.717, 1.165) is 0 Å². The molecule has 0 aromatic rings. The smallest absolute Gasteiger partial charge is 0.202 e. The minimum absolute atomic E-state index is 0.551. The second kappa shape index (κ2) is 1.71. The monoisotopic (exact) mass is 144 g/mol. The molecule has 0 radical (unpaired) electrons. The summed E-state index contributed by atoms with van der Waals surface area (Å²) in [7, 11) is 0. The molecule has 2 atom stereocenters. The fourth-order valence-corrected chi connectivity index (χ4v) is 0.934. The number of rotatable bonds is 0. The summed E-state index contributed by atoms with van der Waals surface area (Å²) in [4.78, 5) is 3.78. The van der Waals surface area contributed by atoms with Crippen molar-refractivity contribution in [3.63, 3.8) is 0 Å². The quantitative estimate of drug-likeness (QED) is 0.426. The fraction of sp³-hybridized carbons (Fsp3) is 0.833. The molecule has 3 N–H and O–H groups in total. The van der Waals surface area contributed by atoms with Gasteiger partial charge in [-0.2, -0.15) is 0 Å². The minimum atomic E-state index is -1.41. The van der Waals surface area contributed by atoms with E-state index in [2.05, 4.69) is 10.3 Å². The first kappa shape index (κ1) is 7.50. The second-order valence-corrected chi connectivity index (χ2v) is 2.92. The molecule has 0 saturated heterocycles. The van der Waals surface area contributed by atoms with E-state index in [1.807, 2.05) is 0 Å². The van der Waals surface area contributed by atoms with Gasteiger partial charge >= 0.3 is 0 Å². The number of aliphatic hydroxyl groups is 2. The summed E-state index contributed by atoms with van der Waals surface area (Å²) in [5.74, 6) is 0.551. The van der Waals surface area contributed by atoms with Gasteiger partial charge in [0.05, 0.1) is 5.84 Å². The Kier molecular flexibility index (Phi) is 1.28. The van der Waals surface area contributed by atoms with Gasteiger partial charge < -0.3 is 15.5 Å². The van der Waals surface area contributed by atoms with Crippen LogP contribution < -0.4 is 5.32 Å². The molecule has 0 bridgehead atoms. The van der Waals surface area contributed by atoms with E-state index < -0.39 is 11.4 Å². The van der Waals surface area contributed by atoms with E-state index in [-0.39, 0.29) is 0 Å². The topological polar surface area (TPSA) is 64.9 Å². The van der Waals surface area contributed by atoms with E-state index in [1.165, 1.54) is 13.8 Å². The summed E-state index contributed by atoms with van der Waals surface area (Å²) in [6.45, 7) is 4.62. The van der Waals surface area contributed by atoms with Crippen LogP contribution in [0.2, 0.25) is 0 Å². The molecular formula is C6H12N2O2. The van der Waals surface area contributed by atoms with Gasteiger partial charge in [-0.1, -0.05) is 0 Å². The lowest BCUT2D eigenvalue weighted by Crippen LogP contribution is -2.54. The molecule has 1 rings (SSSR count). The van der Waals surface area contributed by atoms with E-state index in [1.54, 1.807) is 6.92 Å². The molecule has 1 aliphatic rings. The third-order valence-electron chi connectivity index (χ3n) is 1.73. The van der Waals surface area contributed by atoms with Crippen LogP contribution in [0.1, 0.15) is 20.8 Å². The van der Waals surface area contributed by atoms with E-state index in [9.17, 15) is 10.2 Å². The average molecular weight is 144 g/mol. The molecule has 1 heterocycles. The summed E-state index contributed by atoms with van der Waals surface area (Å²) in [6, 6.07) is 0. The summed E-state index contributed by atoms with van der Waals surface area (Å²) >= 11 is 0. The molecule has 0 aromatic carbocycles. The summed E-state index contributed by atoms with van der Waals surface area (Å²) in [6.07, 6.45) is 0. The van der Waals surface area contributed by atoms with Crippen molar-refractivity contribution in [2.24, 2.45) is 4.99 Å². The molecule has 0 saturated carbocycles. The van der Waals surface area contributed by atoms with Gasteiger partial charge in [0.2, 0.25) is 5.72 Å². The molecular weight excluding hydrogens is 132 g/mol. The zero-order valence-electron chi connectivity index (χ0n) is 6.34. The Morgan fingerprint density at radius 3 is 2.00 bits per heavy atom. The van der Waals surface area contributed by atoms with Gasteiger partial charge in [-0.15, -0.1) is 0 Å². The van der Waals surface area contributed by atoms with Crippen LogP contribution >= 0.6 is 0 Å². The lowest BCUT2D eigenvalue weighted by molar-refractivity contribution is -0.122. The zero-order chi connectivity index (χ0) is 7.99. The summed E-state index contributed by atoms with van der Waals surface area (Å²) in [5, 5.41) is 21.4. The molecule has 0 aliphatic carbocycles. The average Bonchev–Trinajstić information content (AvgIpc) is 1.73. The minimum Gasteiger partial charge on any atom is -0.367 e. The standard InChI is InChI=1S/C6H12N2O2/c1-4-7-5(2,9)6(3,10)8-4/h9-10H,1-3H3,(H,7,8). The molecule has 1 aliphatic heterocycles. The van der Waals surface area contributed by atoms with Crippen LogP contribution in [0.3, 0.4) is 0 Å². The van der Waals surface area contributed by atoms with Crippen molar-refractivity contribution in [1.82, 2.24) is 5.32 Å². The molecule has 10 heavy (non-hydrogen) atoms. The van der Waals surface area contributed by atoms with Gasteiger partial charge in [0.25, 0.3) is 0 Å². The molecule has 4 heteroatoms. The van der Waals surface area contributed by atoms with Gasteiger partial charge in [0, 0.05) is 0 Å². The van der Waals surface area contributed by atoms with Crippen LogP contribution in [0, 0.1) is 0 Å². The van der Waals surface area contributed by atoms with Gasteiger partial charge in [-0.25, -0.2) is 4.99 Å². The van der Waals surface area contributed by atoms with Crippen molar-refractivity contribution in [2.75, 3.05) is 0 Å². The van der Waals surface area contributed by atoms with Crippen molar-refractivity contribution in [1.29, 1.82) is 0 Å². The molecule has 0 fully saturated rings. The van der Waals surface area contributed by atoms with Crippen molar-refractivity contribution in [3.05, 3.63) is 0 Å². The lowest BCUT2D eigenvalue weighted by Gasteiger charge is -2.28. The molecule has 0 spiro atoms. The van der Waals surface area contributed by atoms with E-state index in [0.29, 0.717) is 5.84 Å². The van der Waals surface area contributed by atoms with Crippen LogP contribution in [-0.4, -0.2) is 27.5 Å². The number of hydrogen-bond donors (Lipinski definition) is 3. The Bertz CT molecular complexity index is 184. The van der Waals surface area contributed by atoms with Crippen molar-refractivity contribution < 1.29 is 10.2 Å². The maximum atomic E-state index is 9.42. The molecule has 2 unspecified atom stereocenters. The molecule has 4 nitrogen and oxygen atoms in total. The summed E-state index contributed by atoms with van der Waals surface area (Å²) < 4.78 is 0. The highest BCUT2D eigenvalue weighted by molar-refractivity contribution is 5.82. The Morgan fingerprint density at radius 1 is 1.40 bits per heavy atom. The van der Waals surface area contributed by atoms with Gasteiger partial charge in [-0.05, 0) is 20.8 Å². The number of nitrogens with zero attached hydrogens (tertiary/aromatic N) is 1. The highest BCUT2D eigenvalue weighted by atomic mass is 16.4. The lowest BCUT2D eigenvalue weighted by atomic mass is 10.1. The Balaban J connectivity index is 2.92. The van der Waals surface area contributed by atoms with Crippen molar-refractivity contribution in [2.45, 2.75) is 32.2 Å². The highest BCUT2D eigenvalue weighted by Crippen LogP contribution is 2.25. The first-order chi connectivity index (χ1) is 4.35. The fourth-order valence-electron chi connectivity index (χ4n) is 0.934. The van der Waals surface area contributed by atoms with Gasteiger partial charge in [0.15, 0.2) is 5.72 Å². The SMILES string of the molecule is CC1=NC(C)(O)C(C)(O)N1. The van der Waals surface area contributed by atoms with Crippen LogP contribution in [0.5, 0.6) is 0 Å². The van der Waals surface area contributed by atoms with Gasteiger partial charge in [-0.3, -0.25) is 0 Å². The van der Waals surface area contributed by atoms with Crippen LogP contribution in [0.25, 0.3) is 0 Å². The zero-order valence-corrected chi connectivity index (χ0v) is 6.34. The van der Waals surface area contributed by atoms with Crippen LogP contribution in [0.15, 0.2) is 4.99 Å². The van der Waals surface area contributed by atoms with E-state index >= 15 is 0 Å². The maximum Gasteiger partial charge on any atom is 0.202 e. The first-order valence-electron chi connectivity index (χ1n) is 3.14. The number of amidine groups is 1. The number of aliphatic imine (C=N–C) groups is 1. The Labute approximate surface area is 59.6 Å². The maximum absolute atomic E-state index is 9.42. The third-order valence-corrected chi connectivity index (χ3v) is 1.73. The number of hydrogen-bond acceptors (Lipinski definition) is 4. The molecule has 58 valence electrons. The molecule has 0 amide bonds.